The van der Waals surface area contributed by atoms with Crippen LogP contribution in [-0.2, 0) is 4.79 Å². The minimum absolute atomic E-state index is 0.0583. The lowest BCUT2D eigenvalue weighted by Crippen LogP contribution is -2.52. The number of piperazine rings is 1. The molecule has 1 heterocycles. The van der Waals surface area contributed by atoms with Crippen molar-refractivity contribution < 1.29 is 9.59 Å². The van der Waals surface area contributed by atoms with Crippen molar-refractivity contribution in [3.63, 3.8) is 0 Å². The third kappa shape index (κ3) is 5.59. The first-order chi connectivity index (χ1) is 16.0. The van der Waals surface area contributed by atoms with E-state index in [-0.39, 0.29) is 11.9 Å². The van der Waals surface area contributed by atoms with Gasteiger partial charge in [0.05, 0.1) is 0 Å². The Hall–Kier alpha value is -3.64. The van der Waals surface area contributed by atoms with Gasteiger partial charge in [0.2, 0.25) is 5.91 Å². The molecule has 1 aliphatic rings. The minimum atomic E-state index is -0.426. The Balaban J connectivity index is 1.46. The normalized spacial score (nSPS) is 15.0. The maximum Gasteiger partial charge on any atom is 0.321 e. The van der Waals surface area contributed by atoms with E-state index in [1.165, 1.54) is 0 Å². The summed E-state index contributed by atoms with van der Waals surface area (Å²) in [6.07, 6.45) is 0. The van der Waals surface area contributed by atoms with Crippen molar-refractivity contribution in [3.05, 3.63) is 95.6 Å². The van der Waals surface area contributed by atoms with Crippen molar-refractivity contribution in [2.24, 2.45) is 0 Å². The Morgan fingerprint density at radius 3 is 2.09 bits per heavy atom. The number of para-hydroxylation sites is 1. The van der Waals surface area contributed by atoms with E-state index < -0.39 is 6.04 Å². The van der Waals surface area contributed by atoms with E-state index in [2.05, 4.69) is 15.5 Å². The van der Waals surface area contributed by atoms with Gasteiger partial charge < -0.3 is 15.5 Å². The molecule has 1 aliphatic heterocycles. The third-order valence-electron chi connectivity index (χ3n) is 6.01. The van der Waals surface area contributed by atoms with Crippen molar-refractivity contribution in [3.8, 4) is 0 Å². The van der Waals surface area contributed by atoms with Gasteiger partial charge in [-0.2, -0.15) is 0 Å². The number of aryl methyl sites for hydroxylation is 2. The fraction of sp³-hybridized carbons (Fsp3) is 0.259. The highest BCUT2D eigenvalue weighted by Gasteiger charge is 2.32. The van der Waals surface area contributed by atoms with E-state index in [0.29, 0.717) is 26.2 Å². The van der Waals surface area contributed by atoms with Gasteiger partial charge in [-0.1, -0.05) is 60.7 Å². The number of anilines is 2. The Morgan fingerprint density at radius 2 is 1.42 bits per heavy atom. The largest absolute Gasteiger partial charge is 0.324 e. The highest BCUT2D eigenvalue weighted by Crippen LogP contribution is 2.26. The number of urea groups is 1. The number of amides is 3. The van der Waals surface area contributed by atoms with Gasteiger partial charge in [0.25, 0.3) is 0 Å². The number of hydrogen-bond donors (Lipinski definition) is 2. The molecule has 33 heavy (non-hydrogen) atoms. The summed E-state index contributed by atoms with van der Waals surface area (Å²) < 4.78 is 0. The quantitative estimate of drug-likeness (QED) is 0.595. The van der Waals surface area contributed by atoms with Crippen LogP contribution < -0.4 is 10.6 Å². The lowest BCUT2D eigenvalue weighted by Gasteiger charge is -2.38. The molecule has 1 fully saturated rings. The lowest BCUT2D eigenvalue weighted by atomic mass is 10.0. The molecule has 3 aromatic carbocycles. The molecule has 0 saturated carbocycles. The number of rotatable bonds is 5. The molecule has 1 saturated heterocycles. The van der Waals surface area contributed by atoms with Gasteiger partial charge in [-0.15, -0.1) is 0 Å². The SMILES string of the molecule is Cc1ccc(C)c(NC(=O)C(c2ccccc2)N2CCN(C(=O)Nc3ccccc3)CC2)c1. The Labute approximate surface area is 195 Å². The standard InChI is InChI=1S/C27H30N4O2/c1-20-13-14-21(2)24(19-20)29-26(32)25(22-9-5-3-6-10-22)30-15-17-31(18-16-30)27(33)28-23-11-7-4-8-12-23/h3-14,19,25H,15-18H2,1-2H3,(H,28,33)(H,29,32). The van der Waals surface area contributed by atoms with Crippen LogP contribution in [0.25, 0.3) is 0 Å². The van der Waals surface area contributed by atoms with Crippen LogP contribution in [0.4, 0.5) is 16.2 Å². The van der Waals surface area contributed by atoms with Crippen LogP contribution in [0.5, 0.6) is 0 Å². The van der Waals surface area contributed by atoms with E-state index in [4.69, 9.17) is 0 Å². The number of carbonyl (C=O) groups excluding carboxylic acids is 2. The van der Waals surface area contributed by atoms with Crippen LogP contribution in [0.15, 0.2) is 78.9 Å². The highest BCUT2D eigenvalue weighted by atomic mass is 16.2. The van der Waals surface area contributed by atoms with E-state index in [1.54, 1.807) is 4.90 Å². The van der Waals surface area contributed by atoms with Crippen LogP contribution in [-0.4, -0.2) is 47.9 Å². The second kappa shape index (κ2) is 10.3. The maximum absolute atomic E-state index is 13.5. The molecule has 6 heteroatoms. The highest BCUT2D eigenvalue weighted by molar-refractivity contribution is 5.96. The fourth-order valence-electron chi connectivity index (χ4n) is 4.14. The summed E-state index contributed by atoms with van der Waals surface area (Å²) in [6.45, 7) is 6.35. The zero-order chi connectivity index (χ0) is 23.2. The van der Waals surface area contributed by atoms with Crippen molar-refractivity contribution in [1.82, 2.24) is 9.80 Å². The molecule has 0 bridgehead atoms. The molecule has 4 rings (SSSR count). The van der Waals surface area contributed by atoms with Crippen molar-refractivity contribution >= 4 is 23.3 Å². The number of nitrogens with one attached hydrogen (secondary N) is 2. The summed E-state index contributed by atoms with van der Waals surface area (Å²) in [5, 5.41) is 6.08. The lowest BCUT2D eigenvalue weighted by molar-refractivity contribution is -0.122. The van der Waals surface area contributed by atoms with Crippen molar-refractivity contribution in [1.29, 1.82) is 0 Å². The molecule has 0 aliphatic carbocycles. The van der Waals surface area contributed by atoms with Crippen molar-refractivity contribution in [2.75, 3.05) is 36.8 Å². The summed E-state index contributed by atoms with van der Waals surface area (Å²) in [5.74, 6) is -0.0583. The van der Waals surface area contributed by atoms with Crippen LogP contribution in [0.1, 0.15) is 22.7 Å². The molecule has 170 valence electrons. The Morgan fingerprint density at radius 1 is 0.788 bits per heavy atom. The third-order valence-corrected chi connectivity index (χ3v) is 6.01. The van der Waals surface area contributed by atoms with Crippen LogP contribution in [0.3, 0.4) is 0 Å². The number of nitrogens with zero attached hydrogens (tertiary/aromatic N) is 2. The molecule has 1 unspecified atom stereocenters. The van der Waals surface area contributed by atoms with Gasteiger partial charge in [-0.25, -0.2) is 4.79 Å². The topological polar surface area (TPSA) is 64.7 Å². The van der Waals surface area contributed by atoms with Gasteiger partial charge in [-0.05, 0) is 48.7 Å². The summed E-state index contributed by atoms with van der Waals surface area (Å²) in [7, 11) is 0. The van der Waals surface area contributed by atoms with Crippen LogP contribution in [0.2, 0.25) is 0 Å². The van der Waals surface area contributed by atoms with E-state index in [1.807, 2.05) is 92.7 Å². The molecule has 0 radical (unpaired) electrons. The van der Waals surface area contributed by atoms with E-state index in [9.17, 15) is 9.59 Å². The van der Waals surface area contributed by atoms with E-state index in [0.717, 1.165) is 28.1 Å². The zero-order valence-corrected chi connectivity index (χ0v) is 19.1. The molecular weight excluding hydrogens is 412 g/mol. The second-order valence-corrected chi connectivity index (χ2v) is 8.44. The van der Waals surface area contributed by atoms with E-state index >= 15 is 0 Å². The minimum Gasteiger partial charge on any atom is -0.324 e. The molecule has 3 aromatic rings. The van der Waals surface area contributed by atoms with Gasteiger partial charge in [0.15, 0.2) is 0 Å². The molecule has 2 N–H and O–H groups in total. The summed E-state index contributed by atoms with van der Waals surface area (Å²) >= 11 is 0. The monoisotopic (exact) mass is 442 g/mol. The summed E-state index contributed by atoms with van der Waals surface area (Å²) in [5.41, 5.74) is 4.69. The first kappa shape index (κ1) is 22.6. The molecular formula is C27H30N4O2. The predicted molar refractivity (Wildman–Crippen MR) is 132 cm³/mol. The van der Waals surface area contributed by atoms with Gasteiger partial charge >= 0.3 is 6.03 Å². The van der Waals surface area contributed by atoms with Crippen LogP contribution in [0, 0.1) is 13.8 Å². The average Bonchev–Trinajstić information content (AvgIpc) is 2.83. The number of benzene rings is 3. The smallest absolute Gasteiger partial charge is 0.321 e. The molecule has 0 aromatic heterocycles. The first-order valence-corrected chi connectivity index (χ1v) is 11.3. The first-order valence-electron chi connectivity index (χ1n) is 11.3. The Kier molecular flexibility index (Phi) is 7.05. The number of hydrogen-bond acceptors (Lipinski definition) is 3. The number of carbonyl (C=O) groups is 2. The van der Waals surface area contributed by atoms with Gasteiger partial charge in [0.1, 0.15) is 6.04 Å². The summed E-state index contributed by atoms with van der Waals surface area (Å²) in [6, 6.07) is 24.8. The molecule has 3 amide bonds. The summed E-state index contributed by atoms with van der Waals surface area (Å²) in [4.78, 5) is 30.1. The maximum atomic E-state index is 13.5. The average molecular weight is 443 g/mol. The molecule has 1 atom stereocenters. The predicted octanol–water partition coefficient (Wildman–Crippen LogP) is 4.83. The fourth-order valence-corrected chi connectivity index (χ4v) is 4.14. The van der Waals surface area contributed by atoms with Crippen molar-refractivity contribution in [2.45, 2.75) is 19.9 Å². The van der Waals surface area contributed by atoms with Gasteiger partial charge in [0, 0.05) is 37.6 Å². The molecule has 6 nitrogen and oxygen atoms in total. The van der Waals surface area contributed by atoms with Gasteiger partial charge in [-0.3, -0.25) is 9.69 Å². The Bertz CT molecular complexity index is 1090. The molecule has 0 spiro atoms. The zero-order valence-electron chi connectivity index (χ0n) is 19.1. The second-order valence-electron chi connectivity index (χ2n) is 8.44. The van der Waals surface area contributed by atoms with Crippen LogP contribution >= 0.6 is 0 Å².